The number of aromatic nitrogens is 1. The van der Waals surface area contributed by atoms with Crippen LogP contribution in [-0.4, -0.2) is 22.0 Å². The van der Waals surface area contributed by atoms with Crippen molar-refractivity contribution in [1.29, 1.82) is 0 Å². The molecule has 0 aliphatic carbocycles. The lowest BCUT2D eigenvalue weighted by molar-refractivity contribution is -0.164. The highest BCUT2D eigenvalue weighted by Crippen LogP contribution is 2.20. The van der Waals surface area contributed by atoms with E-state index in [-0.39, 0.29) is 0 Å². The van der Waals surface area contributed by atoms with Crippen LogP contribution in [0.4, 0.5) is 13.2 Å². The second kappa shape index (κ2) is 3.65. The van der Waals surface area contributed by atoms with Crippen LogP contribution in [-0.2, 0) is 11.2 Å². The average molecular weight is 205 g/mol. The van der Waals surface area contributed by atoms with E-state index >= 15 is 0 Å². The van der Waals surface area contributed by atoms with Gasteiger partial charge in [0.25, 0.3) is 0 Å². The highest BCUT2D eigenvalue weighted by molar-refractivity contribution is 5.75. The van der Waals surface area contributed by atoms with Crippen LogP contribution in [0.25, 0.3) is 0 Å². The molecule has 0 radical (unpaired) electrons. The van der Waals surface area contributed by atoms with Gasteiger partial charge in [-0.15, -0.1) is 0 Å². The number of nitrogens with zero attached hydrogens (tertiary/aromatic N) is 1. The molecule has 0 atom stereocenters. The number of rotatable bonds is 3. The fourth-order valence-electron chi connectivity index (χ4n) is 0.834. The Morgan fingerprint density at radius 2 is 2.21 bits per heavy atom. The van der Waals surface area contributed by atoms with Crippen molar-refractivity contribution in [2.45, 2.75) is 12.3 Å². The summed E-state index contributed by atoms with van der Waals surface area (Å²) in [5.74, 6) is -7.22. The summed E-state index contributed by atoms with van der Waals surface area (Å²) in [4.78, 5) is 13.4. The van der Waals surface area contributed by atoms with Crippen LogP contribution in [0.5, 0.6) is 0 Å². The van der Waals surface area contributed by atoms with E-state index in [1.165, 1.54) is 6.07 Å². The normalized spacial score (nSPS) is 11.4. The lowest BCUT2D eigenvalue weighted by atomic mass is 10.1. The zero-order chi connectivity index (χ0) is 10.8. The fraction of sp³-hybridized carbons (Fsp3) is 0.250. The maximum atomic E-state index is 12.8. The summed E-state index contributed by atoms with van der Waals surface area (Å²) in [6, 6.07) is 2.18. The number of hydrogen-bond donors (Lipinski definition) is 1. The number of aliphatic carboxylic acids is 1. The molecule has 1 N–H and O–H groups in total. The van der Waals surface area contributed by atoms with Gasteiger partial charge in [0.1, 0.15) is 5.82 Å². The van der Waals surface area contributed by atoms with Crippen molar-refractivity contribution in [3.8, 4) is 0 Å². The molecule has 0 aliphatic heterocycles. The van der Waals surface area contributed by atoms with Gasteiger partial charge >= 0.3 is 11.9 Å². The molecule has 1 aromatic heterocycles. The van der Waals surface area contributed by atoms with E-state index < -0.39 is 29.8 Å². The molecule has 1 rings (SSSR count). The van der Waals surface area contributed by atoms with Gasteiger partial charge in [0.2, 0.25) is 0 Å². The van der Waals surface area contributed by atoms with E-state index in [2.05, 4.69) is 4.98 Å². The summed E-state index contributed by atoms with van der Waals surface area (Å²) in [7, 11) is 0. The van der Waals surface area contributed by atoms with Crippen molar-refractivity contribution in [3.63, 3.8) is 0 Å². The largest absolute Gasteiger partial charge is 0.477 e. The van der Waals surface area contributed by atoms with Crippen molar-refractivity contribution < 1.29 is 23.1 Å². The molecule has 1 heterocycles. The molecule has 0 bridgehead atoms. The summed E-state index contributed by atoms with van der Waals surface area (Å²) >= 11 is 0. The van der Waals surface area contributed by atoms with E-state index in [1.54, 1.807) is 0 Å². The van der Waals surface area contributed by atoms with Crippen LogP contribution in [0, 0.1) is 5.82 Å². The minimum atomic E-state index is -3.99. The highest BCUT2D eigenvalue weighted by Gasteiger charge is 2.40. The third-order valence-electron chi connectivity index (χ3n) is 1.54. The molecule has 14 heavy (non-hydrogen) atoms. The Hall–Kier alpha value is -1.59. The molecule has 0 saturated heterocycles. The molecule has 76 valence electrons. The van der Waals surface area contributed by atoms with Crippen molar-refractivity contribution in [1.82, 2.24) is 4.98 Å². The summed E-state index contributed by atoms with van der Waals surface area (Å²) < 4.78 is 38.0. The number of carbonyl (C=O) groups is 1. The molecule has 0 amide bonds. The Morgan fingerprint density at radius 1 is 1.57 bits per heavy atom. The Morgan fingerprint density at radius 3 is 2.71 bits per heavy atom. The molecule has 0 unspecified atom stereocenters. The highest BCUT2D eigenvalue weighted by atomic mass is 19.3. The maximum Gasteiger partial charge on any atom is 0.374 e. The number of alkyl halides is 2. The van der Waals surface area contributed by atoms with Crippen molar-refractivity contribution in [3.05, 3.63) is 29.8 Å². The molecule has 0 spiro atoms. The number of pyridine rings is 1. The second-order valence-corrected chi connectivity index (χ2v) is 2.62. The minimum absolute atomic E-state index is 0.556. The first-order chi connectivity index (χ1) is 6.43. The van der Waals surface area contributed by atoms with Gasteiger partial charge in [-0.1, -0.05) is 0 Å². The Bertz CT molecular complexity index is 354. The maximum absolute atomic E-state index is 12.8. The summed E-state index contributed by atoms with van der Waals surface area (Å²) in [5.41, 5.74) is -0.556. The van der Waals surface area contributed by atoms with Crippen LogP contribution in [0.15, 0.2) is 18.3 Å². The van der Waals surface area contributed by atoms with Crippen molar-refractivity contribution in [2.75, 3.05) is 0 Å². The standard InChI is InChI=1S/C8H6F3NO2/c9-5-2-1-3-12-6(5)4-8(10,11)7(13)14/h1-3H,4H2,(H,13,14). The predicted molar refractivity (Wildman–Crippen MR) is 40.5 cm³/mol. The van der Waals surface area contributed by atoms with Gasteiger partial charge < -0.3 is 5.11 Å². The van der Waals surface area contributed by atoms with Gasteiger partial charge in [0, 0.05) is 6.20 Å². The Labute approximate surface area is 77.2 Å². The van der Waals surface area contributed by atoms with Crippen LogP contribution < -0.4 is 0 Å². The first kappa shape index (κ1) is 10.5. The van der Waals surface area contributed by atoms with Crippen molar-refractivity contribution in [2.24, 2.45) is 0 Å². The molecule has 0 saturated carbocycles. The zero-order valence-corrected chi connectivity index (χ0v) is 6.88. The molecule has 6 heteroatoms. The first-order valence-corrected chi connectivity index (χ1v) is 3.64. The Kier molecular flexibility index (Phi) is 2.73. The lowest BCUT2D eigenvalue weighted by Gasteiger charge is -2.10. The van der Waals surface area contributed by atoms with Gasteiger partial charge in [0.15, 0.2) is 0 Å². The summed E-state index contributed by atoms with van der Waals surface area (Å²) in [6.45, 7) is 0. The molecule has 0 fully saturated rings. The topological polar surface area (TPSA) is 50.2 Å². The number of halogens is 3. The van der Waals surface area contributed by atoms with Crippen LogP contribution in [0.1, 0.15) is 5.69 Å². The van der Waals surface area contributed by atoms with Gasteiger partial charge in [-0.2, -0.15) is 8.78 Å². The SMILES string of the molecule is O=C(O)C(F)(F)Cc1ncccc1F. The third kappa shape index (κ3) is 2.21. The smallest absolute Gasteiger partial charge is 0.374 e. The van der Waals surface area contributed by atoms with Gasteiger partial charge in [0.05, 0.1) is 12.1 Å². The average Bonchev–Trinajstić information content (AvgIpc) is 2.08. The molecule has 1 aromatic rings. The van der Waals surface area contributed by atoms with Crippen molar-refractivity contribution >= 4 is 5.97 Å². The minimum Gasteiger partial charge on any atom is -0.477 e. The van der Waals surface area contributed by atoms with E-state index in [1.807, 2.05) is 0 Å². The van der Waals surface area contributed by atoms with Crippen LogP contribution in [0.2, 0.25) is 0 Å². The van der Waals surface area contributed by atoms with Crippen LogP contribution in [0.3, 0.4) is 0 Å². The molecule has 0 aliphatic rings. The third-order valence-corrected chi connectivity index (χ3v) is 1.54. The Balaban J connectivity index is 2.89. The quantitative estimate of drug-likeness (QED) is 0.813. The van der Waals surface area contributed by atoms with Gasteiger partial charge in [-0.25, -0.2) is 9.18 Å². The molecular formula is C8H6F3NO2. The number of carboxylic acid groups (broad SMARTS) is 1. The van der Waals surface area contributed by atoms with Crippen LogP contribution >= 0.6 is 0 Å². The van der Waals surface area contributed by atoms with Gasteiger partial charge in [-0.05, 0) is 12.1 Å². The predicted octanol–water partition coefficient (Wildman–Crippen LogP) is 1.48. The molecule has 3 nitrogen and oxygen atoms in total. The monoisotopic (exact) mass is 205 g/mol. The lowest BCUT2D eigenvalue weighted by Crippen LogP contribution is -2.31. The summed E-state index contributed by atoms with van der Waals surface area (Å²) in [5, 5.41) is 8.09. The van der Waals surface area contributed by atoms with E-state index in [4.69, 9.17) is 5.11 Å². The van der Waals surface area contributed by atoms with E-state index in [0.29, 0.717) is 0 Å². The second-order valence-electron chi connectivity index (χ2n) is 2.62. The van der Waals surface area contributed by atoms with Gasteiger partial charge in [-0.3, -0.25) is 4.98 Å². The number of hydrogen-bond acceptors (Lipinski definition) is 2. The van der Waals surface area contributed by atoms with E-state index in [0.717, 1.165) is 12.3 Å². The first-order valence-electron chi connectivity index (χ1n) is 3.64. The molecule has 0 aromatic carbocycles. The molecular weight excluding hydrogens is 199 g/mol. The summed E-state index contributed by atoms with van der Waals surface area (Å²) in [6.07, 6.45) is -0.120. The fourth-order valence-corrected chi connectivity index (χ4v) is 0.834. The van der Waals surface area contributed by atoms with E-state index in [9.17, 15) is 18.0 Å². The zero-order valence-electron chi connectivity index (χ0n) is 6.88. The number of carboxylic acids is 1.